The number of nitrogens with one attached hydrogen (secondary N) is 2. The fraction of sp³-hybridized carbons (Fsp3) is 0.350. The number of rotatable bonds is 6. The summed E-state index contributed by atoms with van der Waals surface area (Å²) < 4.78 is 1.90. The van der Waals surface area contributed by atoms with Gasteiger partial charge < -0.3 is 10.6 Å². The van der Waals surface area contributed by atoms with Crippen LogP contribution in [0.5, 0.6) is 0 Å². The van der Waals surface area contributed by atoms with Crippen molar-refractivity contribution in [1.82, 2.24) is 5.32 Å². The average molecular weight is 340 g/mol. The molecule has 1 aromatic heterocycles. The molecule has 0 aliphatic rings. The molecule has 132 valence electrons. The third kappa shape index (κ3) is 5.14. The zero-order valence-electron chi connectivity index (χ0n) is 15.3. The van der Waals surface area contributed by atoms with E-state index in [2.05, 4.69) is 23.6 Å². The molecule has 0 saturated heterocycles. The van der Waals surface area contributed by atoms with Crippen molar-refractivity contribution in [3.63, 3.8) is 0 Å². The van der Waals surface area contributed by atoms with Gasteiger partial charge in [0.2, 0.25) is 12.5 Å². The van der Waals surface area contributed by atoms with Gasteiger partial charge in [-0.2, -0.15) is 4.57 Å². The molecule has 1 heterocycles. The largest absolute Gasteiger partial charge is 0.342 e. The summed E-state index contributed by atoms with van der Waals surface area (Å²) in [5.41, 5.74) is 5.10. The summed E-state index contributed by atoms with van der Waals surface area (Å²) in [6.45, 7) is 8.16. The summed E-state index contributed by atoms with van der Waals surface area (Å²) in [4.78, 5) is 24.2. The first-order valence-electron chi connectivity index (χ1n) is 8.52. The molecular weight excluding hydrogens is 314 g/mol. The second-order valence-electron chi connectivity index (χ2n) is 6.23. The number of amides is 2. The molecule has 2 rings (SSSR count). The number of anilines is 1. The Morgan fingerprint density at radius 2 is 1.80 bits per heavy atom. The lowest BCUT2D eigenvalue weighted by atomic mass is 10.1. The van der Waals surface area contributed by atoms with Gasteiger partial charge in [-0.15, -0.1) is 0 Å². The van der Waals surface area contributed by atoms with Crippen LogP contribution in [0.4, 0.5) is 5.69 Å². The Kier molecular flexibility index (Phi) is 6.28. The molecule has 0 atom stereocenters. The zero-order chi connectivity index (χ0) is 18.4. The Morgan fingerprint density at radius 1 is 1.04 bits per heavy atom. The molecule has 0 bridgehead atoms. The summed E-state index contributed by atoms with van der Waals surface area (Å²) in [7, 11) is 0. The quantitative estimate of drug-likeness (QED) is 0.792. The van der Waals surface area contributed by atoms with Gasteiger partial charge in [0.25, 0.3) is 5.91 Å². The van der Waals surface area contributed by atoms with Gasteiger partial charge in [-0.25, -0.2) is 0 Å². The summed E-state index contributed by atoms with van der Waals surface area (Å²) in [5, 5.41) is 5.52. The predicted molar refractivity (Wildman–Crippen MR) is 98.3 cm³/mol. The summed E-state index contributed by atoms with van der Waals surface area (Å²) in [6, 6.07) is 9.81. The summed E-state index contributed by atoms with van der Waals surface area (Å²) in [5.74, 6) is -0.413. The fourth-order valence-corrected chi connectivity index (χ4v) is 2.52. The number of hydrogen-bond acceptors (Lipinski definition) is 2. The van der Waals surface area contributed by atoms with E-state index in [-0.39, 0.29) is 24.9 Å². The van der Waals surface area contributed by atoms with Gasteiger partial charge >= 0.3 is 0 Å². The number of carbonyl (C=O) groups excluding carboxylic acids is 2. The molecule has 2 amide bonds. The zero-order valence-corrected chi connectivity index (χ0v) is 15.3. The third-order valence-electron chi connectivity index (χ3n) is 4.36. The maximum absolute atomic E-state index is 12.1. The highest BCUT2D eigenvalue weighted by Gasteiger charge is 2.14. The molecule has 0 aliphatic carbocycles. The van der Waals surface area contributed by atoms with Gasteiger partial charge in [-0.3, -0.25) is 9.59 Å². The van der Waals surface area contributed by atoms with Gasteiger partial charge in [0.05, 0.1) is 6.54 Å². The number of aromatic nitrogens is 1. The van der Waals surface area contributed by atoms with Crippen molar-refractivity contribution in [2.24, 2.45) is 0 Å². The van der Waals surface area contributed by atoms with E-state index in [4.69, 9.17) is 0 Å². The van der Waals surface area contributed by atoms with Crippen molar-refractivity contribution >= 4 is 17.5 Å². The lowest BCUT2D eigenvalue weighted by Gasteiger charge is -2.10. The molecule has 0 saturated carbocycles. The first-order chi connectivity index (χ1) is 11.9. The van der Waals surface area contributed by atoms with Crippen molar-refractivity contribution in [2.75, 3.05) is 11.9 Å². The highest BCUT2D eigenvalue weighted by atomic mass is 16.2. The molecule has 25 heavy (non-hydrogen) atoms. The molecule has 2 aromatic rings. The number of hydrogen-bond donors (Lipinski definition) is 2. The van der Waals surface area contributed by atoms with E-state index in [0.29, 0.717) is 0 Å². The Balaban J connectivity index is 1.89. The van der Waals surface area contributed by atoms with Gasteiger partial charge in [-0.1, -0.05) is 19.1 Å². The van der Waals surface area contributed by atoms with Crippen molar-refractivity contribution in [2.45, 2.75) is 40.7 Å². The Bertz CT molecular complexity index is 785. The molecule has 0 spiro atoms. The number of aryl methyl sites for hydroxylation is 3. The van der Waals surface area contributed by atoms with E-state index in [1.165, 1.54) is 5.56 Å². The van der Waals surface area contributed by atoms with Gasteiger partial charge in [0.1, 0.15) is 0 Å². The molecule has 0 unspecified atom stereocenters. The van der Waals surface area contributed by atoms with Crippen LogP contribution in [0, 0.1) is 20.8 Å². The number of nitrogens with zero attached hydrogens (tertiary/aromatic N) is 1. The van der Waals surface area contributed by atoms with Gasteiger partial charge in [-0.05, 0) is 43.5 Å². The second-order valence-corrected chi connectivity index (χ2v) is 6.23. The van der Waals surface area contributed by atoms with E-state index >= 15 is 0 Å². The number of benzene rings is 1. The van der Waals surface area contributed by atoms with Gasteiger partial charge in [0.15, 0.2) is 11.9 Å². The Morgan fingerprint density at radius 3 is 2.52 bits per heavy atom. The topological polar surface area (TPSA) is 62.1 Å². The average Bonchev–Trinajstić information content (AvgIpc) is 2.59. The van der Waals surface area contributed by atoms with Crippen molar-refractivity contribution < 1.29 is 14.2 Å². The first-order valence-corrected chi connectivity index (χ1v) is 8.52. The van der Waals surface area contributed by atoms with Crippen LogP contribution in [0.25, 0.3) is 0 Å². The van der Waals surface area contributed by atoms with Crippen LogP contribution in [-0.2, 0) is 22.6 Å². The monoisotopic (exact) mass is 340 g/mol. The van der Waals surface area contributed by atoms with E-state index in [1.807, 2.05) is 55.8 Å². The fourth-order valence-electron chi connectivity index (χ4n) is 2.52. The van der Waals surface area contributed by atoms with E-state index in [1.54, 1.807) is 0 Å². The molecular formula is C20H26N3O2+. The van der Waals surface area contributed by atoms with Crippen LogP contribution >= 0.6 is 0 Å². The molecule has 0 aliphatic heterocycles. The first kappa shape index (κ1) is 18.6. The minimum atomic E-state index is -0.230. The van der Waals surface area contributed by atoms with Crippen molar-refractivity contribution in [3.8, 4) is 0 Å². The maximum Gasteiger partial charge on any atom is 0.286 e. The second kappa shape index (κ2) is 8.42. The predicted octanol–water partition coefficient (Wildman–Crippen LogP) is 2.22. The minimum Gasteiger partial charge on any atom is -0.342 e. The molecule has 5 nitrogen and oxygen atoms in total. The highest BCUT2D eigenvalue weighted by Crippen LogP contribution is 2.17. The van der Waals surface area contributed by atoms with Crippen LogP contribution in [0.3, 0.4) is 0 Å². The summed E-state index contributed by atoms with van der Waals surface area (Å²) >= 11 is 0. The SMILES string of the molecule is CCc1ccc(C)[n+](CC(=O)NCC(=O)Nc2cccc(C)c2C)c1. The molecule has 0 radical (unpaired) electrons. The van der Waals surface area contributed by atoms with Crippen LogP contribution in [-0.4, -0.2) is 18.4 Å². The van der Waals surface area contributed by atoms with E-state index in [0.717, 1.165) is 28.9 Å². The molecule has 1 aromatic carbocycles. The number of pyridine rings is 1. The Hall–Kier alpha value is -2.69. The standard InChI is InChI=1S/C20H25N3O2/c1-5-17-10-9-15(3)23(12-17)13-20(25)21-11-19(24)22-18-8-6-7-14(2)16(18)4/h6-10,12H,5,11,13H2,1-4H3,(H-,21,22,24,25)/p+1. The number of carbonyl (C=O) groups is 2. The molecule has 5 heteroatoms. The minimum absolute atomic E-state index is 0.0424. The lowest BCUT2D eigenvalue weighted by Crippen LogP contribution is -2.46. The van der Waals surface area contributed by atoms with Crippen LogP contribution in [0.1, 0.15) is 29.3 Å². The third-order valence-corrected chi connectivity index (χ3v) is 4.36. The normalized spacial score (nSPS) is 10.4. The highest BCUT2D eigenvalue weighted by molar-refractivity contribution is 5.95. The molecule has 0 fully saturated rings. The van der Waals surface area contributed by atoms with Crippen LogP contribution in [0.2, 0.25) is 0 Å². The van der Waals surface area contributed by atoms with Crippen molar-refractivity contribution in [1.29, 1.82) is 0 Å². The smallest absolute Gasteiger partial charge is 0.286 e. The maximum atomic E-state index is 12.1. The van der Waals surface area contributed by atoms with E-state index in [9.17, 15) is 9.59 Å². The lowest BCUT2D eigenvalue weighted by molar-refractivity contribution is -0.690. The molecule has 2 N–H and O–H groups in total. The van der Waals surface area contributed by atoms with Crippen LogP contribution < -0.4 is 15.2 Å². The summed E-state index contributed by atoms with van der Waals surface area (Å²) in [6.07, 6.45) is 2.89. The van der Waals surface area contributed by atoms with Gasteiger partial charge in [0, 0.05) is 24.2 Å². The Labute approximate surface area is 149 Å². The van der Waals surface area contributed by atoms with E-state index < -0.39 is 0 Å². The van der Waals surface area contributed by atoms with Crippen LogP contribution in [0.15, 0.2) is 36.5 Å². The van der Waals surface area contributed by atoms with Crippen molar-refractivity contribution in [3.05, 3.63) is 58.9 Å².